The van der Waals surface area contributed by atoms with Crippen molar-refractivity contribution in [1.82, 2.24) is 39.9 Å². The summed E-state index contributed by atoms with van der Waals surface area (Å²) in [7, 11) is 23.7. The van der Waals surface area contributed by atoms with Gasteiger partial charge in [-0.05, 0) is 0 Å². The Kier molecular flexibility index (Phi) is 11.5. The molecule has 9 rings (SSSR count). The van der Waals surface area contributed by atoms with Crippen molar-refractivity contribution in [3.05, 3.63) is 46.5 Å². The maximum atomic E-state index is 17.5. The third-order valence-electron chi connectivity index (χ3n) is 12.5. The van der Waals surface area contributed by atoms with Crippen molar-refractivity contribution in [3.8, 4) is 45.6 Å². The van der Waals surface area contributed by atoms with Crippen LogP contribution in [0.15, 0.2) is 0 Å². The summed E-state index contributed by atoms with van der Waals surface area (Å²) in [5.41, 5.74) is -6.31. The number of aromatic amines is 2. The lowest BCUT2D eigenvalue weighted by Crippen LogP contribution is -2.20. The molecule has 0 saturated carbocycles. The number of aromatic nitrogens is 8. The van der Waals surface area contributed by atoms with E-state index >= 15 is 35.1 Å². The number of anilines is 8. The topological polar surface area (TPSA) is 135 Å². The monoisotopic (exact) mass is 1000 g/mol. The molecule has 16 nitrogen and oxygen atoms in total. The maximum absolute atomic E-state index is 17.5. The van der Waals surface area contributed by atoms with Crippen LogP contribution in [-0.2, 0) is 0 Å². The van der Waals surface area contributed by atoms with E-state index in [4.69, 9.17) is 0 Å². The molecule has 0 fully saturated rings. The minimum absolute atomic E-state index is 0.243. The zero-order valence-electron chi connectivity index (χ0n) is 42.3. The van der Waals surface area contributed by atoms with Crippen LogP contribution < -0.4 is 39.2 Å². The normalized spacial score (nSPS) is 11.9. The zero-order valence-corrected chi connectivity index (χ0v) is 42.3. The van der Waals surface area contributed by atoms with Crippen LogP contribution >= 0.6 is 0 Å². The first-order valence-electron chi connectivity index (χ1n) is 22.1. The average Bonchev–Trinajstić information content (AvgIpc) is 4.03. The molecule has 8 bridgehead atoms. The van der Waals surface area contributed by atoms with Gasteiger partial charge in [0, 0.05) is 113 Å². The minimum atomic E-state index is -1.05. The Labute approximate surface area is 407 Å². The summed E-state index contributed by atoms with van der Waals surface area (Å²) in [5.74, 6) is -10.8. The fourth-order valence-electron chi connectivity index (χ4n) is 9.63. The molecule has 2 N–H and O–H groups in total. The van der Waals surface area contributed by atoms with Crippen LogP contribution in [0, 0.1) is 46.5 Å². The Morgan fingerprint density at radius 2 is 0.389 bits per heavy atom. The second kappa shape index (κ2) is 16.9. The second-order valence-corrected chi connectivity index (χ2v) is 19.1. The number of rotatable bonds is 8. The molecule has 5 heterocycles. The van der Waals surface area contributed by atoms with Gasteiger partial charge in [-0.1, -0.05) is 0 Å². The van der Waals surface area contributed by atoms with E-state index in [9.17, 15) is 0 Å². The first-order valence-corrected chi connectivity index (χ1v) is 22.1. The molecule has 0 unspecified atom stereocenters. The summed E-state index contributed by atoms with van der Waals surface area (Å²) >= 11 is 0. The van der Waals surface area contributed by atoms with Crippen molar-refractivity contribution in [3.63, 3.8) is 0 Å². The Balaban J connectivity index is 1.65. The van der Waals surface area contributed by atoms with Crippen LogP contribution in [0.3, 0.4) is 0 Å². The van der Waals surface area contributed by atoms with Crippen LogP contribution in [0.2, 0.25) is 0 Å². The zero-order chi connectivity index (χ0) is 52.8. The first-order chi connectivity index (χ1) is 33.7. The van der Waals surface area contributed by atoms with Gasteiger partial charge in [0.15, 0.2) is 69.8 Å². The molecule has 0 spiro atoms. The van der Waals surface area contributed by atoms with Gasteiger partial charge in [-0.3, -0.25) is 0 Å². The van der Waals surface area contributed by atoms with Gasteiger partial charge in [-0.2, -0.15) is 0 Å². The highest BCUT2D eigenvalue weighted by Gasteiger charge is 2.38. The maximum Gasteiger partial charge on any atom is 0.167 e. The highest BCUT2D eigenvalue weighted by molar-refractivity contribution is 6.12. The van der Waals surface area contributed by atoms with Crippen LogP contribution in [0.25, 0.3) is 89.7 Å². The molecular formula is C48H50F8N16. The number of hydrogen-bond donors (Lipinski definition) is 2. The summed E-state index contributed by atoms with van der Waals surface area (Å²) in [5, 5.41) is -2.17. The number of H-pyrrole nitrogens is 2. The highest BCUT2D eigenvalue weighted by Crippen LogP contribution is 2.51. The molecule has 4 aromatic carbocycles. The van der Waals surface area contributed by atoms with Gasteiger partial charge >= 0.3 is 0 Å². The molecule has 0 radical (unpaired) electrons. The fourth-order valence-corrected chi connectivity index (χ4v) is 9.63. The van der Waals surface area contributed by atoms with E-state index in [1.165, 1.54) is 152 Å². The lowest BCUT2D eigenvalue weighted by atomic mass is 10.0. The van der Waals surface area contributed by atoms with E-state index in [2.05, 4.69) is 39.9 Å². The Bertz CT molecular complexity index is 3210. The second-order valence-electron chi connectivity index (χ2n) is 19.1. The van der Waals surface area contributed by atoms with Crippen LogP contribution in [-0.4, -0.2) is 153 Å². The molecule has 2 aliphatic heterocycles. The number of benzene rings is 4. The molecule has 7 aromatic rings. The van der Waals surface area contributed by atoms with Gasteiger partial charge in [0.2, 0.25) is 0 Å². The number of hydrogen-bond acceptors (Lipinski definition) is 14. The standard InChI is InChI=1S/C48H50F8N16/c1-65(2)33-25(49)17-18(26(50)34(33)66(3)4)42-57-41(17)61-43-19-20(28(52)36(68(7)8)35(27(19)51)67(5)6)45(58-43)63-47-23-24(32(56)40(72(15)16)39(31(23)55)71(13)14)48(60-47)64-46-22-21(44(59-46)62-42)29(53)37(69(9)10)38(30(22)54)70(11)12/h1-16H3,(H2,57,58,59,60,61,62,63,64). The van der Waals surface area contributed by atoms with Gasteiger partial charge < -0.3 is 49.2 Å². The number of nitrogens with one attached hydrogen (secondary N) is 2. The largest absolute Gasteiger partial charge is 0.374 e. The molecule has 2 aliphatic rings. The summed E-state index contributed by atoms with van der Waals surface area (Å²) in [6, 6.07) is 0. The van der Waals surface area contributed by atoms with E-state index < -0.39 is 136 Å². The van der Waals surface area contributed by atoms with E-state index in [0.29, 0.717) is 0 Å². The van der Waals surface area contributed by atoms with E-state index in [1.807, 2.05) is 0 Å². The van der Waals surface area contributed by atoms with Crippen LogP contribution in [0.1, 0.15) is 0 Å². The summed E-state index contributed by atoms with van der Waals surface area (Å²) in [6.07, 6.45) is 0. The number of nitrogens with zero attached hydrogens (tertiary/aromatic N) is 14. The van der Waals surface area contributed by atoms with Crippen molar-refractivity contribution < 1.29 is 35.1 Å². The van der Waals surface area contributed by atoms with Crippen molar-refractivity contribution in [2.45, 2.75) is 0 Å². The van der Waals surface area contributed by atoms with Gasteiger partial charge in [0.05, 0.1) is 43.8 Å². The quantitative estimate of drug-likeness (QED) is 0.141. The SMILES string of the molecule is CN(C)c1c(F)c2c(c(F)c1N(C)C)-c1nc-2nc2[nH]c(nc3nc(nc4[nH]c(n1)c1c(F)c(N(C)C)c(N(C)C)c(F)c41)-c1c(F)c(N(C)C)c(N(C)C)c(F)c1-3)c1c(F)c(N(C)C)c(N(C)C)c(F)c21. The Morgan fingerprint density at radius 3 is 0.542 bits per heavy atom. The van der Waals surface area contributed by atoms with Gasteiger partial charge in [-0.25, -0.2) is 65.0 Å². The minimum Gasteiger partial charge on any atom is -0.374 e. The third-order valence-corrected chi connectivity index (χ3v) is 12.5. The van der Waals surface area contributed by atoms with E-state index in [0.717, 1.165) is 0 Å². The predicted octanol–water partition coefficient (Wildman–Crippen LogP) is 8.51. The molecule has 0 saturated heterocycles. The molecular weight excluding hydrogens is 953 g/mol. The first kappa shape index (κ1) is 49.1. The highest BCUT2D eigenvalue weighted by atomic mass is 19.2. The summed E-state index contributed by atoms with van der Waals surface area (Å²) < 4.78 is 140. The molecule has 0 atom stereocenters. The van der Waals surface area contributed by atoms with Crippen LogP contribution in [0.5, 0.6) is 0 Å². The van der Waals surface area contributed by atoms with E-state index in [-0.39, 0.29) is 45.5 Å². The molecule has 0 amide bonds. The van der Waals surface area contributed by atoms with Gasteiger partial charge in [0.1, 0.15) is 68.1 Å². The molecule has 378 valence electrons. The lowest BCUT2D eigenvalue weighted by molar-refractivity contribution is 0.604. The molecule has 72 heavy (non-hydrogen) atoms. The van der Waals surface area contributed by atoms with E-state index in [1.54, 1.807) is 0 Å². The molecule has 0 aliphatic carbocycles. The predicted molar refractivity (Wildman–Crippen MR) is 270 cm³/mol. The van der Waals surface area contributed by atoms with Crippen molar-refractivity contribution in [2.75, 3.05) is 152 Å². The van der Waals surface area contributed by atoms with Crippen molar-refractivity contribution >= 4 is 89.6 Å². The van der Waals surface area contributed by atoms with Crippen molar-refractivity contribution in [2.24, 2.45) is 0 Å². The average molecular weight is 1000 g/mol. The molecule has 24 heteroatoms. The summed E-state index contributed by atoms with van der Waals surface area (Å²) in [4.78, 5) is 43.7. The Hall–Kier alpha value is -7.92. The number of halogens is 8. The fraction of sp³-hybridized carbons (Fsp3) is 0.333. The van der Waals surface area contributed by atoms with Crippen molar-refractivity contribution in [1.29, 1.82) is 0 Å². The summed E-state index contributed by atoms with van der Waals surface area (Å²) in [6.45, 7) is 0. The van der Waals surface area contributed by atoms with Gasteiger partial charge in [-0.15, -0.1) is 0 Å². The lowest BCUT2D eigenvalue weighted by Gasteiger charge is -2.25. The van der Waals surface area contributed by atoms with Gasteiger partial charge in [0.25, 0.3) is 0 Å². The third kappa shape index (κ3) is 6.83. The smallest absolute Gasteiger partial charge is 0.167 e. The number of fused-ring (bicyclic) bond motifs is 20. The Morgan fingerprint density at radius 1 is 0.236 bits per heavy atom. The molecule has 3 aromatic heterocycles. The van der Waals surface area contributed by atoms with Crippen LogP contribution in [0.4, 0.5) is 80.6 Å².